The molecular weight excluding hydrogens is 452 g/mol. The van der Waals surface area contributed by atoms with Gasteiger partial charge in [0.05, 0.1) is 10.4 Å². The first kappa shape index (κ1) is 23.4. The molecule has 1 atom stereocenters. The number of nitrogens with zero attached hydrogens (tertiary/aromatic N) is 3. The number of hydrogen-bond acceptors (Lipinski definition) is 6. The number of carbonyl (C=O) groups is 1. The molecule has 6 nitrogen and oxygen atoms in total. The Morgan fingerprint density at radius 2 is 2.09 bits per heavy atom. The molecule has 0 bridgehead atoms. The summed E-state index contributed by atoms with van der Waals surface area (Å²) >= 11 is 3.09. The Labute approximate surface area is 201 Å². The van der Waals surface area contributed by atoms with Gasteiger partial charge in [-0.05, 0) is 61.3 Å². The number of nitriles is 1. The Morgan fingerprint density at radius 1 is 1.30 bits per heavy atom. The van der Waals surface area contributed by atoms with Gasteiger partial charge in [-0.2, -0.15) is 10.4 Å². The number of fused-ring (bicyclic) bond motifs is 1. The summed E-state index contributed by atoms with van der Waals surface area (Å²) in [5.41, 5.74) is 2.22. The molecule has 0 spiro atoms. The Balaban J connectivity index is 1.53. The SMILES string of the molecule is CCC(C)(C)C1CCc2c(sc(NC(=O)Cn3nc(-c4ccc(C)s4)ccc3=O)c2C#N)C1. The first-order valence-electron chi connectivity index (χ1n) is 11.2. The third-order valence-electron chi connectivity index (χ3n) is 6.80. The van der Waals surface area contributed by atoms with Crippen LogP contribution in [0.2, 0.25) is 0 Å². The average molecular weight is 481 g/mol. The fourth-order valence-electron chi connectivity index (χ4n) is 4.32. The number of carbonyl (C=O) groups excluding carboxylic acids is 1. The molecule has 33 heavy (non-hydrogen) atoms. The minimum atomic E-state index is -0.357. The van der Waals surface area contributed by atoms with Gasteiger partial charge in [0.2, 0.25) is 5.91 Å². The van der Waals surface area contributed by atoms with E-state index in [9.17, 15) is 14.9 Å². The highest BCUT2D eigenvalue weighted by atomic mass is 32.1. The number of nitrogens with one attached hydrogen (secondary N) is 1. The fourth-order valence-corrected chi connectivity index (χ4v) is 6.44. The van der Waals surface area contributed by atoms with E-state index in [0.717, 1.165) is 41.0 Å². The van der Waals surface area contributed by atoms with Gasteiger partial charge in [0, 0.05) is 15.8 Å². The molecular formula is C25H28N4O2S2. The standard InChI is InChI=1S/C25H28N4O2S2/c1-5-25(3,4)16-7-8-17-18(13-26)24(33-21(17)12-16)27-22(30)14-29-23(31)11-9-19(28-29)20-10-6-15(2)32-20/h6,9-11,16H,5,7-8,12,14H2,1-4H3,(H,27,30). The summed E-state index contributed by atoms with van der Waals surface area (Å²) in [7, 11) is 0. The fraction of sp³-hybridized carbons (Fsp3) is 0.440. The summed E-state index contributed by atoms with van der Waals surface area (Å²) in [6.07, 6.45) is 3.97. The molecule has 0 radical (unpaired) electrons. The molecule has 172 valence electrons. The van der Waals surface area contributed by atoms with Crippen LogP contribution >= 0.6 is 22.7 Å². The van der Waals surface area contributed by atoms with Gasteiger partial charge in [0.1, 0.15) is 23.3 Å². The third kappa shape index (κ3) is 4.80. The van der Waals surface area contributed by atoms with Crippen molar-refractivity contribution in [2.24, 2.45) is 11.3 Å². The van der Waals surface area contributed by atoms with E-state index in [-0.39, 0.29) is 23.4 Å². The average Bonchev–Trinajstić information content (AvgIpc) is 3.37. The Hall–Kier alpha value is -2.76. The zero-order chi connectivity index (χ0) is 23.8. The van der Waals surface area contributed by atoms with E-state index in [4.69, 9.17) is 0 Å². The van der Waals surface area contributed by atoms with E-state index < -0.39 is 0 Å². The van der Waals surface area contributed by atoms with E-state index in [2.05, 4.69) is 37.3 Å². The first-order valence-corrected chi connectivity index (χ1v) is 12.8. The topological polar surface area (TPSA) is 87.8 Å². The van der Waals surface area contributed by atoms with Crippen LogP contribution in [0.1, 0.15) is 54.5 Å². The predicted molar refractivity (Wildman–Crippen MR) is 134 cm³/mol. The number of aromatic nitrogens is 2. The third-order valence-corrected chi connectivity index (χ3v) is 8.99. The van der Waals surface area contributed by atoms with Crippen molar-refractivity contribution >= 4 is 33.6 Å². The molecule has 3 aromatic heterocycles. The zero-order valence-electron chi connectivity index (χ0n) is 19.4. The van der Waals surface area contributed by atoms with Crippen LogP contribution in [-0.2, 0) is 24.2 Å². The molecule has 0 saturated heterocycles. The minimum absolute atomic E-state index is 0.198. The van der Waals surface area contributed by atoms with Crippen LogP contribution in [0.3, 0.4) is 0 Å². The molecule has 3 aromatic rings. The molecule has 0 aromatic carbocycles. The lowest BCUT2D eigenvalue weighted by atomic mass is 9.69. The Bertz CT molecular complexity index is 1290. The van der Waals surface area contributed by atoms with Crippen molar-refractivity contribution < 1.29 is 4.79 Å². The summed E-state index contributed by atoms with van der Waals surface area (Å²) in [5.74, 6) is 0.208. The summed E-state index contributed by atoms with van der Waals surface area (Å²) in [6, 6.07) is 9.37. The van der Waals surface area contributed by atoms with Crippen LogP contribution in [0.15, 0.2) is 29.1 Å². The van der Waals surface area contributed by atoms with Crippen molar-refractivity contribution in [1.82, 2.24) is 9.78 Å². The van der Waals surface area contributed by atoms with Crippen molar-refractivity contribution in [3.8, 4) is 16.6 Å². The lowest BCUT2D eigenvalue weighted by Crippen LogP contribution is -2.29. The lowest BCUT2D eigenvalue weighted by Gasteiger charge is -2.36. The van der Waals surface area contributed by atoms with E-state index in [0.29, 0.717) is 22.2 Å². The van der Waals surface area contributed by atoms with Gasteiger partial charge in [0.25, 0.3) is 5.56 Å². The maximum atomic E-state index is 12.8. The van der Waals surface area contributed by atoms with Crippen molar-refractivity contribution in [3.63, 3.8) is 0 Å². The lowest BCUT2D eigenvalue weighted by molar-refractivity contribution is -0.117. The molecule has 1 amide bonds. The van der Waals surface area contributed by atoms with Crippen molar-refractivity contribution in [3.05, 3.63) is 55.5 Å². The number of thiophene rings is 2. The van der Waals surface area contributed by atoms with Crippen molar-refractivity contribution in [2.45, 2.75) is 59.9 Å². The van der Waals surface area contributed by atoms with E-state index in [1.165, 1.54) is 27.0 Å². The van der Waals surface area contributed by atoms with Crippen molar-refractivity contribution in [1.29, 1.82) is 5.26 Å². The van der Waals surface area contributed by atoms with Crippen LogP contribution in [0.4, 0.5) is 5.00 Å². The van der Waals surface area contributed by atoms with Gasteiger partial charge in [-0.1, -0.05) is 27.2 Å². The molecule has 3 heterocycles. The maximum absolute atomic E-state index is 12.8. The minimum Gasteiger partial charge on any atom is -0.315 e. The Kier molecular flexibility index (Phi) is 6.55. The second kappa shape index (κ2) is 9.24. The van der Waals surface area contributed by atoms with Gasteiger partial charge < -0.3 is 5.32 Å². The highest BCUT2D eigenvalue weighted by Crippen LogP contribution is 2.45. The van der Waals surface area contributed by atoms with Crippen LogP contribution in [0.5, 0.6) is 0 Å². The quantitative estimate of drug-likeness (QED) is 0.512. The largest absolute Gasteiger partial charge is 0.315 e. The van der Waals surface area contributed by atoms with Crippen molar-refractivity contribution in [2.75, 3.05) is 5.32 Å². The second-order valence-corrected chi connectivity index (χ2v) is 11.7. The molecule has 4 rings (SSSR count). The van der Waals surface area contributed by atoms with Crippen LogP contribution in [0.25, 0.3) is 10.6 Å². The highest BCUT2D eigenvalue weighted by Gasteiger charge is 2.34. The molecule has 0 saturated carbocycles. The maximum Gasteiger partial charge on any atom is 0.267 e. The predicted octanol–water partition coefficient (Wildman–Crippen LogP) is 5.39. The molecule has 1 aliphatic rings. The molecule has 0 aliphatic heterocycles. The molecule has 0 fully saturated rings. The number of anilines is 1. The molecule has 1 unspecified atom stereocenters. The summed E-state index contributed by atoms with van der Waals surface area (Å²) in [4.78, 5) is 28.4. The number of aryl methyl sites for hydroxylation is 1. The van der Waals surface area contributed by atoms with Gasteiger partial charge in [-0.25, -0.2) is 4.68 Å². The van der Waals surface area contributed by atoms with Crippen LogP contribution in [0, 0.1) is 29.6 Å². The van der Waals surface area contributed by atoms with Gasteiger partial charge in [-0.15, -0.1) is 22.7 Å². The van der Waals surface area contributed by atoms with Gasteiger partial charge in [0.15, 0.2) is 0 Å². The van der Waals surface area contributed by atoms with E-state index in [1.54, 1.807) is 17.4 Å². The Morgan fingerprint density at radius 3 is 2.76 bits per heavy atom. The first-order chi connectivity index (χ1) is 15.7. The van der Waals surface area contributed by atoms with E-state index >= 15 is 0 Å². The number of amides is 1. The second-order valence-electron chi connectivity index (χ2n) is 9.27. The van der Waals surface area contributed by atoms with Crippen LogP contribution in [-0.4, -0.2) is 15.7 Å². The zero-order valence-corrected chi connectivity index (χ0v) is 21.0. The summed E-state index contributed by atoms with van der Waals surface area (Å²) < 4.78 is 1.18. The molecule has 1 N–H and O–H groups in total. The summed E-state index contributed by atoms with van der Waals surface area (Å²) in [5, 5.41) is 17.6. The van der Waals surface area contributed by atoms with Crippen LogP contribution < -0.4 is 10.9 Å². The monoisotopic (exact) mass is 480 g/mol. The number of hydrogen-bond donors (Lipinski definition) is 1. The van der Waals surface area contributed by atoms with Gasteiger partial charge >= 0.3 is 0 Å². The van der Waals surface area contributed by atoms with E-state index in [1.807, 2.05) is 19.1 Å². The summed E-state index contributed by atoms with van der Waals surface area (Å²) in [6.45, 7) is 8.65. The normalized spacial score (nSPS) is 15.7. The van der Waals surface area contributed by atoms with Gasteiger partial charge in [-0.3, -0.25) is 9.59 Å². The molecule has 8 heteroatoms. The number of rotatable bonds is 6. The molecule has 1 aliphatic carbocycles. The smallest absolute Gasteiger partial charge is 0.267 e. The highest BCUT2D eigenvalue weighted by molar-refractivity contribution is 7.16.